The second-order valence-electron chi connectivity index (χ2n) is 4.06. The van der Waals surface area contributed by atoms with Crippen LogP contribution in [0.2, 0.25) is 0 Å². The zero-order valence-electron chi connectivity index (χ0n) is 8.52. The highest BCUT2D eigenvalue weighted by Gasteiger charge is 2.18. The molecule has 2 atom stereocenters. The van der Waals surface area contributed by atoms with E-state index in [2.05, 4.69) is 5.32 Å². The van der Waals surface area contributed by atoms with E-state index in [9.17, 15) is 5.11 Å². The molecule has 0 aromatic rings. The summed E-state index contributed by atoms with van der Waals surface area (Å²) in [5.74, 6) is 0. The van der Waals surface area contributed by atoms with Gasteiger partial charge in [0.05, 0.1) is 12.7 Å². The monoisotopic (exact) mass is 203 g/mol. The Morgan fingerprint density at radius 1 is 1.07 bits per heavy atom. The Balaban J connectivity index is 2.12. The van der Waals surface area contributed by atoms with Gasteiger partial charge in [-0.15, -0.1) is 0 Å². The van der Waals surface area contributed by atoms with Gasteiger partial charge in [0.1, 0.15) is 6.10 Å². The summed E-state index contributed by atoms with van der Waals surface area (Å²) in [6.07, 6.45) is 4.23. The molecule has 0 aliphatic heterocycles. The molecule has 1 rings (SSSR count). The van der Waals surface area contributed by atoms with Gasteiger partial charge in [0.25, 0.3) is 0 Å². The van der Waals surface area contributed by atoms with Gasteiger partial charge in [0, 0.05) is 12.6 Å². The van der Waals surface area contributed by atoms with E-state index in [-0.39, 0.29) is 6.61 Å². The molecule has 0 aromatic carbocycles. The summed E-state index contributed by atoms with van der Waals surface area (Å²) in [4.78, 5) is 0. The molecule has 0 bridgehead atoms. The molecule has 84 valence electrons. The van der Waals surface area contributed by atoms with Crippen molar-refractivity contribution in [2.75, 3.05) is 13.2 Å². The number of rotatable bonds is 5. The van der Waals surface area contributed by atoms with Gasteiger partial charge in [-0.05, 0) is 12.8 Å². The van der Waals surface area contributed by atoms with E-state index in [1.54, 1.807) is 0 Å². The van der Waals surface area contributed by atoms with E-state index < -0.39 is 12.2 Å². The molecule has 1 saturated carbocycles. The third kappa shape index (κ3) is 3.92. The Kier molecular flexibility index (Phi) is 5.40. The number of hydrogen-bond acceptors (Lipinski definition) is 4. The minimum Gasteiger partial charge on any atom is -0.394 e. The van der Waals surface area contributed by atoms with Crippen molar-refractivity contribution in [1.82, 2.24) is 5.32 Å². The maximum absolute atomic E-state index is 9.38. The Bertz CT molecular complexity index is 146. The van der Waals surface area contributed by atoms with Crippen molar-refractivity contribution in [3.05, 3.63) is 0 Å². The quantitative estimate of drug-likeness (QED) is 0.491. The normalized spacial score (nSPS) is 23.4. The molecular weight excluding hydrogens is 182 g/mol. The fraction of sp³-hybridized carbons (Fsp3) is 1.00. The highest BCUT2D eigenvalue weighted by molar-refractivity contribution is 4.75. The van der Waals surface area contributed by atoms with Crippen LogP contribution in [-0.4, -0.2) is 46.7 Å². The first-order chi connectivity index (χ1) is 6.74. The molecule has 0 saturated heterocycles. The van der Waals surface area contributed by atoms with Crippen molar-refractivity contribution >= 4 is 0 Å². The first-order valence-corrected chi connectivity index (χ1v) is 5.44. The lowest BCUT2D eigenvalue weighted by molar-refractivity contribution is -0.0143. The van der Waals surface area contributed by atoms with Crippen LogP contribution in [0.15, 0.2) is 0 Å². The van der Waals surface area contributed by atoms with Crippen molar-refractivity contribution < 1.29 is 15.3 Å². The van der Waals surface area contributed by atoms with Gasteiger partial charge in [-0.3, -0.25) is 0 Å². The third-order valence-electron chi connectivity index (χ3n) is 2.85. The molecule has 4 heteroatoms. The van der Waals surface area contributed by atoms with E-state index in [0.717, 1.165) is 12.8 Å². The van der Waals surface area contributed by atoms with Gasteiger partial charge < -0.3 is 20.6 Å². The molecule has 4 nitrogen and oxygen atoms in total. The predicted octanol–water partition coefficient (Wildman–Crippen LogP) is -0.377. The standard InChI is InChI=1S/C10H21NO3/c12-7-10(14)9(13)6-11-8-4-2-1-3-5-8/h8-14H,1-7H2. The number of aliphatic hydroxyl groups is 3. The molecule has 0 aromatic heterocycles. The van der Waals surface area contributed by atoms with Crippen molar-refractivity contribution in [3.63, 3.8) is 0 Å². The summed E-state index contributed by atoms with van der Waals surface area (Å²) >= 11 is 0. The van der Waals surface area contributed by atoms with E-state index in [1.165, 1.54) is 19.3 Å². The molecule has 14 heavy (non-hydrogen) atoms. The second-order valence-corrected chi connectivity index (χ2v) is 4.06. The number of hydrogen-bond donors (Lipinski definition) is 4. The Morgan fingerprint density at radius 2 is 1.71 bits per heavy atom. The van der Waals surface area contributed by atoms with Gasteiger partial charge in [-0.25, -0.2) is 0 Å². The summed E-state index contributed by atoms with van der Waals surface area (Å²) in [5, 5.41) is 30.3. The second kappa shape index (κ2) is 6.35. The molecule has 1 fully saturated rings. The largest absolute Gasteiger partial charge is 0.394 e. The lowest BCUT2D eigenvalue weighted by Crippen LogP contribution is -2.42. The SMILES string of the molecule is OCC(O)C(O)CNC1CCCCC1. The van der Waals surface area contributed by atoms with E-state index in [0.29, 0.717) is 12.6 Å². The molecule has 0 amide bonds. The van der Waals surface area contributed by atoms with Crippen LogP contribution < -0.4 is 5.32 Å². The van der Waals surface area contributed by atoms with Gasteiger partial charge >= 0.3 is 0 Å². The third-order valence-corrected chi connectivity index (χ3v) is 2.85. The Morgan fingerprint density at radius 3 is 2.29 bits per heavy atom. The molecule has 2 unspecified atom stereocenters. The lowest BCUT2D eigenvalue weighted by Gasteiger charge is -2.25. The minimum absolute atomic E-state index is 0.367. The molecule has 1 aliphatic carbocycles. The maximum atomic E-state index is 9.38. The summed E-state index contributed by atoms with van der Waals surface area (Å²) in [6, 6.07) is 0.476. The molecule has 1 aliphatic rings. The molecule has 0 spiro atoms. The molecule has 4 N–H and O–H groups in total. The fourth-order valence-electron chi connectivity index (χ4n) is 1.85. The summed E-state index contributed by atoms with van der Waals surface area (Å²) in [7, 11) is 0. The van der Waals surface area contributed by atoms with Crippen LogP contribution in [0.1, 0.15) is 32.1 Å². The fourth-order valence-corrected chi connectivity index (χ4v) is 1.85. The van der Waals surface area contributed by atoms with E-state index >= 15 is 0 Å². The summed E-state index contributed by atoms with van der Waals surface area (Å²) in [6.45, 7) is -0.0140. The van der Waals surface area contributed by atoms with Crippen LogP contribution in [0.3, 0.4) is 0 Å². The van der Waals surface area contributed by atoms with Crippen LogP contribution in [0.25, 0.3) is 0 Å². The van der Waals surface area contributed by atoms with Crippen LogP contribution in [0, 0.1) is 0 Å². The smallest absolute Gasteiger partial charge is 0.104 e. The zero-order chi connectivity index (χ0) is 10.4. The van der Waals surface area contributed by atoms with Gasteiger partial charge in [0.15, 0.2) is 0 Å². The molecule has 0 heterocycles. The van der Waals surface area contributed by atoms with Crippen molar-refractivity contribution in [2.24, 2.45) is 0 Å². The molecular formula is C10H21NO3. The topological polar surface area (TPSA) is 72.7 Å². The minimum atomic E-state index is -1.02. The maximum Gasteiger partial charge on any atom is 0.104 e. The average Bonchev–Trinajstić information content (AvgIpc) is 2.26. The molecule has 0 radical (unpaired) electrons. The summed E-state index contributed by atoms with van der Waals surface area (Å²) < 4.78 is 0. The highest BCUT2D eigenvalue weighted by atomic mass is 16.4. The van der Waals surface area contributed by atoms with Crippen LogP contribution in [0.4, 0.5) is 0 Å². The van der Waals surface area contributed by atoms with Crippen LogP contribution in [0.5, 0.6) is 0 Å². The van der Waals surface area contributed by atoms with Crippen LogP contribution in [-0.2, 0) is 0 Å². The van der Waals surface area contributed by atoms with Crippen molar-refractivity contribution in [3.8, 4) is 0 Å². The summed E-state index contributed by atoms with van der Waals surface area (Å²) in [5.41, 5.74) is 0. The van der Waals surface area contributed by atoms with E-state index in [4.69, 9.17) is 10.2 Å². The number of aliphatic hydroxyl groups excluding tert-OH is 3. The van der Waals surface area contributed by atoms with E-state index in [1.807, 2.05) is 0 Å². The average molecular weight is 203 g/mol. The highest BCUT2D eigenvalue weighted by Crippen LogP contribution is 2.17. The first kappa shape index (κ1) is 11.9. The Hall–Kier alpha value is -0.160. The first-order valence-electron chi connectivity index (χ1n) is 5.44. The van der Waals surface area contributed by atoms with Crippen molar-refractivity contribution in [2.45, 2.75) is 50.4 Å². The van der Waals surface area contributed by atoms with Gasteiger partial charge in [-0.1, -0.05) is 19.3 Å². The predicted molar refractivity (Wildman–Crippen MR) is 54.0 cm³/mol. The zero-order valence-corrected chi connectivity index (χ0v) is 8.52. The number of nitrogens with one attached hydrogen (secondary N) is 1. The van der Waals surface area contributed by atoms with Crippen LogP contribution >= 0.6 is 0 Å². The van der Waals surface area contributed by atoms with Gasteiger partial charge in [-0.2, -0.15) is 0 Å². The van der Waals surface area contributed by atoms with Crippen molar-refractivity contribution in [1.29, 1.82) is 0 Å². The Labute approximate surface area is 85.0 Å². The van der Waals surface area contributed by atoms with Gasteiger partial charge in [0.2, 0.25) is 0 Å². The lowest BCUT2D eigenvalue weighted by atomic mass is 9.95.